The average Bonchev–Trinajstić information content (AvgIpc) is 3.32. The lowest BCUT2D eigenvalue weighted by Gasteiger charge is -2.06. The molecule has 0 saturated heterocycles. The van der Waals surface area contributed by atoms with Gasteiger partial charge < -0.3 is 9.67 Å². The van der Waals surface area contributed by atoms with Crippen LogP contribution >= 0.6 is 11.6 Å². The van der Waals surface area contributed by atoms with E-state index in [0.717, 1.165) is 22.5 Å². The lowest BCUT2D eigenvalue weighted by Crippen LogP contribution is -1.99. The van der Waals surface area contributed by atoms with Crippen LogP contribution in [0, 0.1) is 5.82 Å². The van der Waals surface area contributed by atoms with E-state index in [4.69, 9.17) is 11.6 Å². The van der Waals surface area contributed by atoms with Crippen molar-refractivity contribution < 1.29 is 14.3 Å². The monoisotopic (exact) mass is 396 g/mol. The number of aromatic nitrogens is 4. The molecule has 28 heavy (non-hydrogen) atoms. The third kappa shape index (κ3) is 3.52. The van der Waals surface area contributed by atoms with Gasteiger partial charge in [-0.3, -0.25) is 9.89 Å². The van der Waals surface area contributed by atoms with Crippen LogP contribution in [0.5, 0.6) is 0 Å². The van der Waals surface area contributed by atoms with Crippen molar-refractivity contribution in [1.82, 2.24) is 19.7 Å². The molecule has 0 bridgehead atoms. The summed E-state index contributed by atoms with van der Waals surface area (Å²) in [4.78, 5) is 16.0. The fourth-order valence-corrected chi connectivity index (χ4v) is 3.15. The van der Waals surface area contributed by atoms with Crippen molar-refractivity contribution in [3.63, 3.8) is 0 Å². The number of ketones is 1. The number of fused-ring (bicyclic) bond motifs is 1. The maximum Gasteiger partial charge on any atom is 0.226 e. The molecule has 2 heterocycles. The van der Waals surface area contributed by atoms with E-state index in [1.54, 1.807) is 36.5 Å². The lowest BCUT2D eigenvalue weighted by molar-refractivity contribution is 0.103. The van der Waals surface area contributed by atoms with Gasteiger partial charge in [0.1, 0.15) is 17.9 Å². The normalized spacial score (nSPS) is 11.9. The van der Waals surface area contributed by atoms with Gasteiger partial charge in [0.2, 0.25) is 5.78 Å². The molecular weight excluding hydrogens is 383 g/mol. The van der Waals surface area contributed by atoms with E-state index < -0.39 is 5.78 Å². The van der Waals surface area contributed by atoms with E-state index in [1.807, 2.05) is 4.57 Å². The van der Waals surface area contributed by atoms with Crippen LogP contribution in [0.2, 0.25) is 5.02 Å². The van der Waals surface area contributed by atoms with Crippen molar-refractivity contribution in [2.75, 3.05) is 0 Å². The first-order valence-electron chi connectivity index (χ1n) is 8.35. The molecule has 2 aromatic carbocycles. The molecule has 0 aliphatic rings. The molecule has 0 atom stereocenters. The second-order valence-electron chi connectivity index (χ2n) is 6.19. The number of aliphatic hydroxyl groups excluding tert-OH is 1. The number of carbonyl (C=O) groups is 1. The molecule has 0 unspecified atom stereocenters. The van der Waals surface area contributed by atoms with Gasteiger partial charge in [-0.2, -0.15) is 5.10 Å². The fourth-order valence-electron chi connectivity index (χ4n) is 2.98. The Labute approximate surface area is 163 Å². The molecule has 4 aromatic rings. The minimum Gasteiger partial charge on any atom is -0.507 e. The van der Waals surface area contributed by atoms with Crippen LogP contribution in [0.4, 0.5) is 4.39 Å². The predicted octanol–water partition coefficient (Wildman–Crippen LogP) is 4.38. The van der Waals surface area contributed by atoms with Crippen molar-refractivity contribution in [2.45, 2.75) is 6.54 Å². The largest absolute Gasteiger partial charge is 0.507 e. The number of carbonyl (C=O) groups excluding carboxylic acids is 1. The van der Waals surface area contributed by atoms with Crippen LogP contribution in [0.25, 0.3) is 16.7 Å². The van der Waals surface area contributed by atoms with Crippen molar-refractivity contribution in [1.29, 1.82) is 0 Å². The highest BCUT2D eigenvalue weighted by molar-refractivity contribution is 6.31. The van der Waals surface area contributed by atoms with Crippen molar-refractivity contribution in [3.8, 4) is 0 Å². The third-order valence-electron chi connectivity index (χ3n) is 4.30. The topological polar surface area (TPSA) is 83.8 Å². The first-order valence-corrected chi connectivity index (χ1v) is 8.72. The third-order valence-corrected chi connectivity index (χ3v) is 4.54. The first kappa shape index (κ1) is 17.9. The van der Waals surface area contributed by atoms with Crippen LogP contribution in [0.1, 0.15) is 21.7 Å². The van der Waals surface area contributed by atoms with Crippen molar-refractivity contribution in [3.05, 3.63) is 88.9 Å². The fraction of sp³-hybridized carbons (Fsp3) is 0.0500. The quantitative estimate of drug-likeness (QED) is 0.298. The van der Waals surface area contributed by atoms with Gasteiger partial charge in [0, 0.05) is 34.8 Å². The van der Waals surface area contributed by atoms with Gasteiger partial charge in [-0.1, -0.05) is 29.8 Å². The number of halogens is 2. The molecule has 0 radical (unpaired) electrons. The zero-order valence-electron chi connectivity index (χ0n) is 14.4. The van der Waals surface area contributed by atoms with E-state index in [2.05, 4.69) is 15.2 Å². The van der Waals surface area contributed by atoms with Crippen LogP contribution in [-0.2, 0) is 6.54 Å². The number of hydrogen-bond acceptors (Lipinski definition) is 4. The van der Waals surface area contributed by atoms with Gasteiger partial charge in [0.15, 0.2) is 5.82 Å². The summed E-state index contributed by atoms with van der Waals surface area (Å²) in [7, 11) is 0. The number of aromatic amines is 1. The highest BCUT2D eigenvalue weighted by atomic mass is 35.5. The number of nitrogens with one attached hydrogen (secondary N) is 1. The van der Waals surface area contributed by atoms with Gasteiger partial charge >= 0.3 is 0 Å². The van der Waals surface area contributed by atoms with Crippen molar-refractivity contribution in [2.24, 2.45) is 0 Å². The number of nitrogens with zero attached hydrogens (tertiary/aromatic N) is 3. The molecule has 140 valence electrons. The molecule has 4 rings (SSSR count). The van der Waals surface area contributed by atoms with E-state index in [1.165, 1.54) is 18.5 Å². The van der Waals surface area contributed by atoms with E-state index in [9.17, 15) is 14.3 Å². The molecule has 0 amide bonds. The standard InChI is InChI=1S/C20H14ClFN4O2/c21-13-3-6-15-16(18(27)8-19(28)20-23-11-24-25-20)10-26(17(15)7-13)9-12-1-4-14(22)5-2-12/h1-8,10-11,27H,9H2,(H,23,24,25)/b18-8+. The number of aliphatic hydroxyl groups is 1. The summed E-state index contributed by atoms with van der Waals surface area (Å²) in [6.07, 6.45) is 4.03. The number of allylic oxidation sites excluding steroid dienone is 1. The van der Waals surface area contributed by atoms with Gasteiger partial charge in [-0.05, 0) is 29.8 Å². The molecule has 0 fully saturated rings. The molecule has 0 spiro atoms. The molecule has 8 heteroatoms. The zero-order valence-corrected chi connectivity index (χ0v) is 15.2. The summed E-state index contributed by atoms with van der Waals surface area (Å²) >= 11 is 6.14. The van der Waals surface area contributed by atoms with Crippen LogP contribution in [0.15, 0.2) is 61.1 Å². The molecule has 0 aliphatic heterocycles. The summed E-state index contributed by atoms with van der Waals surface area (Å²) < 4.78 is 15.1. The van der Waals surface area contributed by atoms with Gasteiger partial charge in [0.05, 0.1) is 5.52 Å². The first-order chi connectivity index (χ1) is 13.5. The summed E-state index contributed by atoms with van der Waals surface area (Å²) in [5.74, 6) is -0.976. The minimum absolute atomic E-state index is 0.0321. The van der Waals surface area contributed by atoms with Crippen molar-refractivity contribution >= 4 is 34.0 Å². The minimum atomic E-state index is -0.497. The van der Waals surface area contributed by atoms with E-state index in [-0.39, 0.29) is 17.4 Å². The van der Waals surface area contributed by atoms with Gasteiger partial charge in [-0.15, -0.1) is 0 Å². The molecular formula is C20H14ClFN4O2. The van der Waals surface area contributed by atoms with Gasteiger partial charge in [-0.25, -0.2) is 9.37 Å². The molecule has 2 aromatic heterocycles. The Morgan fingerprint density at radius 2 is 2.04 bits per heavy atom. The molecule has 2 N–H and O–H groups in total. The predicted molar refractivity (Wildman–Crippen MR) is 104 cm³/mol. The highest BCUT2D eigenvalue weighted by Gasteiger charge is 2.15. The SMILES string of the molecule is O=C(/C=C(/O)c1cn(Cc2ccc(F)cc2)c2cc(Cl)ccc12)c1ncn[nH]1. The van der Waals surface area contributed by atoms with Crippen LogP contribution in [0.3, 0.4) is 0 Å². The molecule has 0 saturated carbocycles. The lowest BCUT2D eigenvalue weighted by atomic mass is 10.1. The summed E-state index contributed by atoms with van der Waals surface area (Å²) in [6, 6.07) is 11.4. The van der Waals surface area contributed by atoms with E-state index in [0.29, 0.717) is 17.1 Å². The Bertz CT molecular complexity index is 1180. The number of benzene rings is 2. The number of H-pyrrole nitrogens is 1. The Kier molecular flexibility index (Phi) is 4.67. The highest BCUT2D eigenvalue weighted by Crippen LogP contribution is 2.29. The maximum absolute atomic E-state index is 13.2. The van der Waals surface area contributed by atoms with Crippen LogP contribution in [-0.4, -0.2) is 30.6 Å². The Morgan fingerprint density at radius 1 is 1.25 bits per heavy atom. The van der Waals surface area contributed by atoms with E-state index >= 15 is 0 Å². The Morgan fingerprint density at radius 3 is 2.75 bits per heavy atom. The average molecular weight is 397 g/mol. The number of rotatable bonds is 5. The van der Waals surface area contributed by atoms with Crippen LogP contribution < -0.4 is 0 Å². The Balaban J connectivity index is 1.76. The Hall–Kier alpha value is -3.45. The smallest absolute Gasteiger partial charge is 0.226 e. The summed E-state index contributed by atoms with van der Waals surface area (Å²) in [5, 5.41) is 17.9. The summed E-state index contributed by atoms with van der Waals surface area (Å²) in [5.41, 5.74) is 2.13. The molecule has 6 nitrogen and oxygen atoms in total. The molecule has 0 aliphatic carbocycles. The number of hydrogen-bond donors (Lipinski definition) is 2. The second kappa shape index (κ2) is 7.28. The zero-order chi connectivity index (χ0) is 19.7. The maximum atomic E-state index is 13.2. The second-order valence-corrected chi connectivity index (χ2v) is 6.62. The van der Waals surface area contributed by atoms with Gasteiger partial charge in [0.25, 0.3) is 0 Å². The summed E-state index contributed by atoms with van der Waals surface area (Å²) in [6.45, 7) is 0.445.